The quantitative estimate of drug-likeness (QED) is 0.582. The predicted molar refractivity (Wildman–Crippen MR) is 34.2 cm³/mol. The summed E-state index contributed by atoms with van der Waals surface area (Å²) < 4.78 is 0.833. The van der Waals surface area contributed by atoms with Gasteiger partial charge >= 0.3 is 0 Å². The van der Waals surface area contributed by atoms with Crippen molar-refractivity contribution < 1.29 is 0 Å². The fourth-order valence-electron chi connectivity index (χ4n) is 0.373. The van der Waals surface area contributed by atoms with Crippen molar-refractivity contribution >= 4 is 15.9 Å². The average molecular weight is 171 g/mol. The van der Waals surface area contributed by atoms with Crippen LogP contribution in [0.4, 0.5) is 0 Å². The molecule has 1 aromatic rings. The van der Waals surface area contributed by atoms with Crippen LogP contribution in [-0.2, 0) is 0 Å². The minimum absolute atomic E-state index is 0.685. The van der Waals surface area contributed by atoms with Crippen LogP contribution in [0.5, 0.6) is 0 Å². The molecule has 0 amide bonds. The van der Waals surface area contributed by atoms with Crippen LogP contribution in [0.15, 0.2) is 10.7 Å². The van der Waals surface area contributed by atoms with Gasteiger partial charge in [-0.05, 0) is 21.9 Å². The third-order valence-electron chi connectivity index (χ3n) is 0.737. The molecule has 0 fully saturated rings. The summed E-state index contributed by atoms with van der Waals surface area (Å²) in [5.41, 5.74) is 0.685. The van der Waals surface area contributed by atoms with E-state index in [-0.39, 0.29) is 0 Å². The monoisotopic (exact) mass is 170 g/mol. The molecule has 0 saturated carbocycles. The lowest BCUT2D eigenvalue weighted by molar-refractivity contribution is 1.08. The molecule has 0 radical (unpaired) electrons. The zero-order chi connectivity index (χ0) is 5.98. The van der Waals surface area contributed by atoms with Crippen molar-refractivity contribution in [2.45, 2.75) is 0 Å². The Balaban J connectivity index is 3.15. The topological polar surface area (TPSA) is 28.7 Å². The van der Waals surface area contributed by atoms with E-state index in [1.54, 1.807) is 6.20 Å². The van der Waals surface area contributed by atoms with Crippen LogP contribution in [0.1, 0.15) is 5.69 Å². The first-order valence-electron chi connectivity index (χ1n) is 2.00. The van der Waals surface area contributed by atoms with Crippen LogP contribution >= 0.6 is 15.9 Å². The van der Waals surface area contributed by atoms with Gasteiger partial charge in [0.25, 0.3) is 0 Å². The normalized spacial score (nSPS) is 8.50. The Morgan fingerprint density at radius 1 is 1.88 bits per heavy atom. The summed E-state index contributed by atoms with van der Waals surface area (Å²) in [6, 6.07) is 0. The third-order valence-corrected chi connectivity index (χ3v) is 1.34. The van der Waals surface area contributed by atoms with Crippen LogP contribution in [0.25, 0.3) is 0 Å². The molecule has 1 N–H and O–H groups in total. The highest BCUT2D eigenvalue weighted by atomic mass is 79.9. The number of terminal acetylenes is 1. The van der Waals surface area contributed by atoms with E-state index in [0.717, 1.165) is 4.47 Å². The van der Waals surface area contributed by atoms with Gasteiger partial charge in [0.15, 0.2) is 0 Å². The summed E-state index contributed by atoms with van der Waals surface area (Å²) in [4.78, 5) is 0. The van der Waals surface area contributed by atoms with Gasteiger partial charge in [0.2, 0.25) is 0 Å². The lowest BCUT2D eigenvalue weighted by Crippen LogP contribution is -1.71. The van der Waals surface area contributed by atoms with Crippen molar-refractivity contribution in [3.8, 4) is 12.3 Å². The summed E-state index contributed by atoms with van der Waals surface area (Å²) in [6.07, 6.45) is 6.66. The lowest BCUT2D eigenvalue weighted by Gasteiger charge is -1.76. The zero-order valence-corrected chi connectivity index (χ0v) is 5.57. The summed E-state index contributed by atoms with van der Waals surface area (Å²) in [5, 5.41) is 6.30. The number of H-pyrrole nitrogens is 1. The highest BCUT2D eigenvalue weighted by Crippen LogP contribution is 2.09. The summed E-state index contributed by atoms with van der Waals surface area (Å²) in [6.45, 7) is 0. The standard InChI is InChI=1S/C5H3BrN2/c1-2-5-4(6)3-7-8-5/h1,3H,(H,7,8). The second kappa shape index (κ2) is 2.01. The van der Waals surface area contributed by atoms with E-state index in [0.29, 0.717) is 5.69 Å². The van der Waals surface area contributed by atoms with Crippen LogP contribution in [-0.4, -0.2) is 10.2 Å². The fraction of sp³-hybridized carbons (Fsp3) is 0. The number of aromatic nitrogens is 2. The maximum Gasteiger partial charge on any atom is 0.121 e. The number of nitrogens with zero attached hydrogens (tertiary/aromatic N) is 1. The number of hydrogen-bond donors (Lipinski definition) is 1. The molecule has 8 heavy (non-hydrogen) atoms. The first-order chi connectivity index (χ1) is 3.84. The molecule has 1 heterocycles. The van der Waals surface area contributed by atoms with Crippen LogP contribution in [0.3, 0.4) is 0 Å². The average Bonchev–Trinajstić information content (AvgIpc) is 2.14. The van der Waals surface area contributed by atoms with Crippen LogP contribution in [0.2, 0.25) is 0 Å². The van der Waals surface area contributed by atoms with Crippen molar-refractivity contribution in [1.29, 1.82) is 0 Å². The zero-order valence-electron chi connectivity index (χ0n) is 3.98. The summed E-state index contributed by atoms with van der Waals surface area (Å²) in [5.74, 6) is 2.41. The Morgan fingerprint density at radius 3 is 2.88 bits per heavy atom. The molecule has 40 valence electrons. The van der Waals surface area contributed by atoms with Gasteiger partial charge in [0.05, 0.1) is 10.7 Å². The van der Waals surface area contributed by atoms with E-state index in [9.17, 15) is 0 Å². The molecule has 0 spiro atoms. The SMILES string of the molecule is C#Cc1[nH]ncc1Br. The van der Waals surface area contributed by atoms with Gasteiger partial charge in [0.1, 0.15) is 5.69 Å². The van der Waals surface area contributed by atoms with Gasteiger partial charge in [0, 0.05) is 0 Å². The molecule has 1 aromatic heterocycles. The molecule has 0 atom stereocenters. The molecular weight excluding hydrogens is 168 g/mol. The maximum atomic E-state index is 5.04. The minimum Gasteiger partial charge on any atom is -0.269 e. The van der Waals surface area contributed by atoms with E-state index < -0.39 is 0 Å². The number of aromatic amines is 1. The van der Waals surface area contributed by atoms with E-state index in [2.05, 4.69) is 32.0 Å². The molecule has 0 saturated heterocycles. The molecule has 2 nitrogen and oxygen atoms in total. The molecule has 1 rings (SSSR count). The Bertz CT molecular complexity index is 221. The van der Waals surface area contributed by atoms with E-state index in [1.165, 1.54) is 0 Å². The Hall–Kier alpha value is -0.750. The third kappa shape index (κ3) is 0.749. The highest BCUT2D eigenvalue weighted by Gasteiger charge is 1.93. The summed E-state index contributed by atoms with van der Waals surface area (Å²) >= 11 is 3.19. The first kappa shape index (κ1) is 5.39. The number of hydrogen-bond acceptors (Lipinski definition) is 1. The Morgan fingerprint density at radius 2 is 2.62 bits per heavy atom. The Labute approximate surface area is 55.4 Å². The Kier molecular flexibility index (Phi) is 1.36. The van der Waals surface area contributed by atoms with Gasteiger partial charge in [-0.1, -0.05) is 0 Å². The molecule has 0 aliphatic heterocycles. The molecule has 0 aliphatic rings. The van der Waals surface area contributed by atoms with E-state index in [1.807, 2.05) is 0 Å². The first-order valence-corrected chi connectivity index (χ1v) is 2.79. The van der Waals surface area contributed by atoms with Crippen molar-refractivity contribution in [3.05, 3.63) is 16.4 Å². The van der Waals surface area contributed by atoms with E-state index in [4.69, 9.17) is 6.42 Å². The smallest absolute Gasteiger partial charge is 0.121 e. The lowest BCUT2D eigenvalue weighted by atomic mass is 10.5. The minimum atomic E-state index is 0.685. The summed E-state index contributed by atoms with van der Waals surface area (Å²) in [7, 11) is 0. The van der Waals surface area contributed by atoms with Crippen LogP contribution in [0, 0.1) is 12.3 Å². The van der Waals surface area contributed by atoms with Crippen molar-refractivity contribution in [2.24, 2.45) is 0 Å². The van der Waals surface area contributed by atoms with Gasteiger partial charge in [-0.15, -0.1) is 6.42 Å². The number of nitrogens with one attached hydrogen (secondary N) is 1. The molecular formula is C5H3BrN2. The van der Waals surface area contributed by atoms with Crippen molar-refractivity contribution in [2.75, 3.05) is 0 Å². The van der Waals surface area contributed by atoms with Gasteiger partial charge in [-0.25, -0.2) is 0 Å². The second-order valence-electron chi connectivity index (χ2n) is 1.24. The number of rotatable bonds is 0. The fourth-order valence-corrected chi connectivity index (χ4v) is 0.678. The molecule has 0 unspecified atom stereocenters. The molecule has 0 bridgehead atoms. The number of halogens is 1. The highest BCUT2D eigenvalue weighted by molar-refractivity contribution is 9.10. The maximum absolute atomic E-state index is 5.04. The molecule has 3 heteroatoms. The van der Waals surface area contributed by atoms with Gasteiger partial charge in [-0.3, -0.25) is 5.10 Å². The molecule has 0 aliphatic carbocycles. The van der Waals surface area contributed by atoms with Crippen molar-refractivity contribution in [3.63, 3.8) is 0 Å². The van der Waals surface area contributed by atoms with Gasteiger partial charge < -0.3 is 0 Å². The molecule has 0 aromatic carbocycles. The predicted octanol–water partition coefficient (Wildman–Crippen LogP) is 1.15. The largest absolute Gasteiger partial charge is 0.269 e. The van der Waals surface area contributed by atoms with Crippen molar-refractivity contribution in [1.82, 2.24) is 10.2 Å². The van der Waals surface area contributed by atoms with Crippen LogP contribution < -0.4 is 0 Å². The van der Waals surface area contributed by atoms with Gasteiger partial charge in [-0.2, -0.15) is 5.10 Å². The second-order valence-corrected chi connectivity index (χ2v) is 2.09. The van der Waals surface area contributed by atoms with E-state index >= 15 is 0 Å².